The normalized spacial score (nSPS) is 13.9. The smallest absolute Gasteiger partial charge is 0.339 e. The minimum absolute atomic E-state index is 0.137. The van der Waals surface area contributed by atoms with Gasteiger partial charge in [0.2, 0.25) is 11.7 Å². The van der Waals surface area contributed by atoms with Crippen LogP contribution in [0.2, 0.25) is 0 Å². The Hall–Kier alpha value is -3.42. The molecule has 0 atom stereocenters. The Morgan fingerprint density at radius 3 is 2.28 bits per heavy atom. The summed E-state index contributed by atoms with van der Waals surface area (Å²) >= 11 is 0. The first kappa shape index (κ1) is 20.3. The zero-order chi connectivity index (χ0) is 21.0. The van der Waals surface area contributed by atoms with Gasteiger partial charge in [0.25, 0.3) is 0 Å². The molecule has 0 aliphatic carbocycles. The number of ether oxygens (including phenoxy) is 4. The zero-order valence-electron chi connectivity index (χ0n) is 16.8. The highest BCUT2D eigenvalue weighted by Crippen LogP contribution is 2.38. The molecule has 0 saturated carbocycles. The lowest BCUT2D eigenvalue weighted by Gasteiger charge is -2.38. The first-order valence-electron chi connectivity index (χ1n) is 8.99. The molecule has 1 amide bonds. The third kappa shape index (κ3) is 4.71. The van der Waals surface area contributed by atoms with Crippen LogP contribution in [0, 0.1) is 6.92 Å². The Morgan fingerprint density at radius 2 is 1.72 bits per heavy atom. The van der Waals surface area contributed by atoms with Gasteiger partial charge in [0.1, 0.15) is 17.6 Å². The lowest BCUT2D eigenvalue weighted by atomic mass is 10.1. The lowest BCUT2D eigenvalue weighted by Crippen LogP contribution is -2.55. The van der Waals surface area contributed by atoms with Gasteiger partial charge in [-0.3, -0.25) is 4.79 Å². The van der Waals surface area contributed by atoms with Crippen LogP contribution in [0.25, 0.3) is 6.08 Å². The van der Waals surface area contributed by atoms with Gasteiger partial charge in [-0.05, 0) is 30.7 Å². The van der Waals surface area contributed by atoms with Gasteiger partial charge in [-0.2, -0.15) is 0 Å². The molecule has 0 unspecified atom stereocenters. The van der Waals surface area contributed by atoms with Crippen LogP contribution in [0.3, 0.4) is 0 Å². The van der Waals surface area contributed by atoms with Gasteiger partial charge in [0, 0.05) is 12.1 Å². The van der Waals surface area contributed by atoms with Crippen molar-refractivity contribution in [2.45, 2.75) is 13.0 Å². The van der Waals surface area contributed by atoms with Crippen LogP contribution in [0.1, 0.15) is 11.3 Å². The monoisotopic (exact) mass is 401 g/mol. The van der Waals surface area contributed by atoms with E-state index in [4.69, 9.17) is 23.4 Å². The molecule has 1 aromatic heterocycles. The third-order valence-electron chi connectivity index (χ3n) is 4.44. The Bertz CT molecular complexity index is 948. The Labute approximate surface area is 168 Å². The average Bonchev–Trinajstić information content (AvgIpc) is 2.66. The molecule has 2 aromatic rings. The van der Waals surface area contributed by atoms with E-state index in [0.717, 1.165) is 5.56 Å². The van der Waals surface area contributed by atoms with Gasteiger partial charge < -0.3 is 28.3 Å². The number of amides is 1. The quantitative estimate of drug-likeness (QED) is 0.658. The van der Waals surface area contributed by atoms with Gasteiger partial charge in [-0.1, -0.05) is 0 Å². The largest absolute Gasteiger partial charge is 0.493 e. The number of aryl methyl sites for hydroxylation is 1. The van der Waals surface area contributed by atoms with Gasteiger partial charge >= 0.3 is 5.63 Å². The minimum Gasteiger partial charge on any atom is -0.493 e. The van der Waals surface area contributed by atoms with Crippen molar-refractivity contribution in [2.24, 2.45) is 0 Å². The molecule has 1 aliphatic rings. The summed E-state index contributed by atoms with van der Waals surface area (Å²) in [6, 6.07) is 6.46. The van der Waals surface area contributed by atoms with E-state index < -0.39 is 5.63 Å². The number of nitrogens with zero attached hydrogens (tertiary/aromatic N) is 1. The predicted octanol–water partition coefficient (Wildman–Crippen LogP) is 2.28. The van der Waals surface area contributed by atoms with Gasteiger partial charge in [-0.25, -0.2) is 4.79 Å². The second kappa shape index (κ2) is 8.72. The molecule has 1 aliphatic heterocycles. The van der Waals surface area contributed by atoms with E-state index in [1.807, 2.05) is 0 Å². The summed E-state index contributed by atoms with van der Waals surface area (Å²) in [5.74, 6) is 2.31. The molecule has 0 spiro atoms. The summed E-state index contributed by atoms with van der Waals surface area (Å²) in [5.41, 5.74) is 0.285. The molecule has 8 heteroatoms. The molecule has 3 rings (SSSR count). The lowest BCUT2D eigenvalue weighted by molar-refractivity contribution is -0.134. The fourth-order valence-corrected chi connectivity index (χ4v) is 3.00. The van der Waals surface area contributed by atoms with Crippen molar-refractivity contribution in [2.75, 3.05) is 34.4 Å². The second-order valence-electron chi connectivity index (χ2n) is 6.50. The molecule has 1 aromatic carbocycles. The molecule has 1 fully saturated rings. The van der Waals surface area contributed by atoms with E-state index in [-0.39, 0.29) is 12.0 Å². The highest BCUT2D eigenvalue weighted by atomic mass is 16.5. The standard InChI is InChI=1S/C21H23NO7/c1-13-7-15(10-20(24)28-13)29-16-11-22(12-16)19(23)6-5-14-8-17(25-2)21(27-4)18(9-14)26-3/h5-10,16H,11-12H2,1-4H3/b6-5+. The predicted molar refractivity (Wildman–Crippen MR) is 106 cm³/mol. The number of rotatable bonds is 7. The molecule has 1 saturated heterocycles. The van der Waals surface area contributed by atoms with Crippen LogP contribution in [0.15, 0.2) is 39.6 Å². The zero-order valence-corrected chi connectivity index (χ0v) is 16.8. The van der Waals surface area contributed by atoms with Crippen molar-refractivity contribution in [3.8, 4) is 23.0 Å². The van der Waals surface area contributed by atoms with Crippen LogP contribution >= 0.6 is 0 Å². The summed E-state index contributed by atoms with van der Waals surface area (Å²) < 4.78 is 26.5. The van der Waals surface area contributed by atoms with E-state index in [1.165, 1.54) is 33.5 Å². The maximum absolute atomic E-state index is 12.4. The molecular formula is C21H23NO7. The number of methoxy groups -OCH3 is 3. The number of hydrogen-bond donors (Lipinski definition) is 0. The van der Waals surface area contributed by atoms with Crippen LogP contribution in [0.4, 0.5) is 0 Å². The van der Waals surface area contributed by atoms with Crippen LogP contribution in [0.5, 0.6) is 23.0 Å². The number of benzene rings is 1. The van der Waals surface area contributed by atoms with E-state index in [1.54, 1.807) is 36.1 Å². The van der Waals surface area contributed by atoms with Crippen molar-refractivity contribution in [1.29, 1.82) is 0 Å². The maximum Gasteiger partial charge on any atom is 0.339 e. The van der Waals surface area contributed by atoms with Crippen LogP contribution < -0.4 is 24.6 Å². The molecule has 8 nitrogen and oxygen atoms in total. The van der Waals surface area contributed by atoms with E-state index in [2.05, 4.69) is 0 Å². The summed E-state index contributed by atoms with van der Waals surface area (Å²) in [4.78, 5) is 25.4. The van der Waals surface area contributed by atoms with Crippen LogP contribution in [-0.2, 0) is 4.79 Å². The van der Waals surface area contributed by atoms with Crippen LogP contribution in [-0.4, -0.2) is 51.3 Å². The van der Waals surface area contributed by atoms with E-state index >= 15 is 0 Å². The summed E-state index contributed by atoms with van der Waals surface area (Å²) in [6.45, 7) is 2.56. The first-order valence-corrected chi connectivity index (χ1v) is 8.99. The number of hydrogen-bond acceptors (Lipinski definition) is 7. The van der Waals surface area contributed by atoms with Crippen molar-refractivity contribution >= 4 is 12.0 Å². The Balaban J connectivity index is 1.60. The molecule has 2 heterocycles. The maximum atomic E-state index is 12.4. The average molecular weight is 401 g/mol. The molecule has 0 radical (unpaired) electrons. The fourth-order valence-electron chi connectivity index (χ4n) is 3.00. The van der Waals surface area contributed by atoms with E-state index in [9.17, 15) is 9.59 Å². The highest BCUT2D eigenvalue weighted by Gasteiger charge is 2.31. The number of carbonyl (C=O) groups is 1. The second-order valence-corrected chi connectivity index (χ2v) is 6.50. The Kier molecular flexibility index (Phi) is 6.11. The SMILES string of the molecule is COc1cc(/C=C/C(=O)N2CC(Oc3cc(C)oc(=O)c3)C2)cc(OC)c1OC. The van der Waals surface area contributed by atoms with E-state index in [0.29, 0.717) is 41.8 Å². The molecular weight excluding hydrogens is 378 g/mol. The number of likely N-dealkylation sites (tertiary alicyclic amines) is 1. The topological polar surface area (TPSA) is 87.4 Å². The minimum atomic E-state index is -0.458. The van der Waals surface area contributed by atoms with Gasteiger partial charge in [0.05, 0.1) is 40.5 Å². The molecule has 0 bridgehead atoms. The van der Waals surface area contributed by atoms with Crippen molar-refractivity contribution in [3.05, 3.63) is 52.1 Å². The molecule has 0 N–H and O–H groups in total. The summed E-state index contributed by atoms with van der Waals surface area (Å²) in [6.07, 6.45) is 3.01. The van der Waals surface area contributed by atoms with Gasteiger partial charge in [0.15, 0.2) is 11.5 Å². The summed E-state index contributed by atoms with van der Waals surface area (Å²) in [5, 5.41) is 0. The third-order valence-corrected chi connectivity index (χ3v) is 4.44. The highest BCUT2D eigenvalue weighted by molar-refractivity contribution is 5.92. The fraction of sp³-hybridized carbons (Fsp3) is 0.333. The first-order chi connectivity index (χ1) is 13.9. The Morgan fingerprint density at radius 1 is 1.07 bits per heavy atom. The van der Waals surface area contributed by atoms with Crippen molar-refractivity contribution in [3.63, 3.8) is 0 Å². The summed E-state index contributed by atoms with van der Waals surface area (Å²) in [7, 11) is 4.60. The number of carbonyl (C=O) groups excluding carboxylic acids is 1. The van der Waals surface area contributed by atoms with Gasteiger partial charge in [-0.15, -0.1) is 0 Å². The molecule has 29 heavy (non-hydrogen) atoms. The van der Waals surface area contributed by atoms with Crippen molar-refractivity contribution in [1.82, 2.24) is 4.90 Å². The van der Waals surface area contributed by atoms with Crippen molar-refractivity contribution < 1.29 is 28.2 Å². The molecule has 154 valence electrons.